The van der Waals surface area contributed by atoms with Gasteiger partial charge in [-0.05, 0) is 148 Å². The molecule has 17 nitrogen and oxygen atoms in total. The highest BCUT2D eigenvalue weighted by molar-refractivity contribution is 9.10. The van der Waals surface area contributed by atoms with Gasteiger partial charge in [-0.2, -0.15) is 4.98 Å². The molecule has 0 spiro atoms. The summed E-state index contributed by atoms with van der Waals surface area (Å²) < 4.78 is 20.2. The van der Waals surface area contributed by atoms with E-state index in [1.165, 1.54) is 30.5 Å². The summed E-state index contributed by atoms with van der Waals surface area (Å²) in [6.45, 7) is 11.7. The highest BCUT2D eigenvalue weighted by Gasteiger charge is 2.45. The first kappa shape index (κ1) is 47.0. The van der Waals surface area contributed by atoms with Crippen LogP contribution in [0.1, 0.15) is 78.1 Å². The molecular weight excluding hydrogens is 961 g/mol. The van der Waals surface area contributed by atoms with Gasteiger partial charge in [0.2, 0.25) is 11.9 Å². The third kappa shape index (κ3) is 9.40. The van der Waals surface area contributed by atoms with Gasteiger partial charge in [-0.1, -0.05) is 6.92 Å². The molecule has 69 heavy (non-hydrogen) atoms. The standard InChI is InChI=1S/C50H59BrN11O6P/c1-5-31-23-39(56-50-54-26-36(51)46(58-50)55-38-9-8-37-44(53-17-16-52-37)45(38)69(3,4)67)42(68-2)25-41(31)60-20-14-32(15-21-60)59-18-12-29(13-19-59)22-30-27-61(28-30)33-6-7-34-35(24-33)49(66)62(48(34)65)40-10-11-43(63)57-47(40)64/h6-9,16-17,23-26,29-30,32,40,43,63H,5,10-15,18-22,27-28H2,1-4H3,(H,57,64)(H2,54,55,56,58). The number of nitrogens with zero attached hydrogens (tertiary/aromatic N) is 8. The predicted molar refractivity (Wildman–Crippen MR) is 271 cm³/mol. The number of imide groups is 1. The zero-order chi connectivity index (χ0) is 48.1. The number of amides is 3. The van der Waals surface area contributed by atoms with Crippen molar-refractivity contribution in [1.29, 1.82) is 0 Å². The zero-order valence-corrected chi connectivity index (χ0v) is 41.9. The van der Waals surface area contributed by atoms with Crippen molar-refractivity contribution < 1.29 is 28.8 Å². The largest absolute Gasteiger partial charge is 0.494 e. The number of rotatable bonds is 13. The second kappa shape index (κ2) is 19.3. The molecule has 3 amide bonds. The molecule has 0 aliphatic carbocycles. The van der Waals surface area contributed by atoms with Crippen LogP contribution in [0.15, 0.2) is 65.5 Å². The van der Waals surface area contributed by atoms with E-state index in [-0.39, 0.29) is 6.42 Å². The van der Waals surface area contributed by atoms with E-state index in [0.29, 0.717) is 79.4 Å². The average molecular weight is 1020 g/mol. The van der Waals surface area contributed by atoms with Gasteiger partial charge in [-0.25, -0.2) is 4.98 Å². The zero-order valence-electron chi connectivity index (χ0n) is 39.5. The average Bonchev–Trinajstić information content (AvgIpc) is 3.58. The normalized spacial score (nSPS) is 20.8. The third-order valence-electron chi connectivity index (χ3n) is 14.7. The Kier molecular flexibility index (Phi) is 13.1. The van der Waals surface area contributed by atoms with Crippen molar-refractivity contribution in [2.75, 3.05) is 80.1 Å². The van der Waals surface area contributed by atoms with Crippen molar-refractivity contribution in [2.24, 2.45) is 11.8 Å². The minimum absolute atomic E-state index is 0.244. The molecule has 19 heteroatoms. The molecule has 5 aromatic rings. The van der Waals surface area contributed by atoms with Gasteiger partial charge < -0.3 is 45.1 Å². The van der Waals surface area contributed by atoms with Crippen molar-refractivity contribution in [1.82, 2.24) is 35.1 Å². The predicted octanol–water partition coefficient (Wildman–Crippen LogP) is 6.89. The van der Waals surface area contributed by atoms with Crippen LogP contribution in [0.4, 0.5) is 34.5 Å². The Morgan fingerprint density at radius 3 is 2.32 bits per heavy atom. The molecule has 362 valence electrons. The fourth-order valence-corrected chi connectivity index (χ4v) is 12.8. The Balaban J connectivity index is 0.714. The number of ether oxygens (including phenoxy) is 1. The number of carbonyl (C=O) groups excluding carboxylic acids is 3. The summed E-state index contributed by atoms with van der Waals surface area (Å²) in [5.74, 6) is 1.50. The lowest BCUT2D eigenvalue weighted by Gasteiger charge is -2.45. The molecule has 4 fully saturated rings. The number of piperidine rings is 3. The molecule has 5 aliphatic rings. The lowest BCUT2D eigenvalue weighted by Crippen LogP contribution is -2.55. The van der Waals surface area contributed by atoms with E-state index < -0.39 is 37.1 Å². The fourth-order valence-electron chi connectivity index (χ4n) is 11.1. The summed E-state index contributed by atoms with van der Waals surface area (Å²) in [7, 11) is -1.09. The van der Waals surface area contributed by atoms with Crippen molar-refractivity contribution in [3.63, 3.8) is 0 Å². The van der Waals surface area contributed by atoms with E-state index in [0.717, 1.165) is 74.8 Å². The smallest absolute Gasteiger partial charge is 0.262 e. The molecule has 0 bridgehead atoms. The van der Waals surface area contributed by atoms with E-state index in [4.69, 9.17) is 9.72 Å². The van der Waals surface area contributed by atoms with Crippen LogP contribution in [0.25, 0.3) is 11.0 Å². The topological polar surface area (TPSA) is 198 Å². The molecule has 4 saturated heterocycles. The SMILES string of the molecule is CCc1cc(Nc2ncc(Br)c(Nc3ccc4nccnc4c3P(C)(C)=O)n2)c(OC)cc1N1CCC(N2CCC(CC3CN(c4ccc5c(c4)C(=O)N(C4CCC(O)NC4=O)C5=O)C3)CC2)CC1. The second-order valence-electron chi connectivity index (χ2n) is 19.4. The maximum atomic E-state index is 13.6. The number of benzene rings is 3. The first-order valence-corrected chi connectivity index (χ1v) is 27.5. The van der Waals surface area contributed by atoms with E-state index in [1.807, 2.05) is 24.3 Å². The second-order valence-corrected chi connectivity index (χ2v) is 23.4. The third-order valence-corrected chi connectivity index (χ3v) is 16.8. The van der Waals surface area contributed by atoms with Crippen LogP contribution in [0, 0.1) is 11.8 Å². The number of carbonyl (C=O) groups is 3. The monoisotopic (exact) mass is 1020 g/mol. The minimum atomic E-state index is -2.78. The van der Waals surface area contributed by atoms with Crippen molar-refractivity contribution >= 4 is 91.6 Å². The number of halogens is 1. The maximum Gasteiger partial charge on any atom is 0.262 e. The van der Waals surface area contributed by atoms with Gasteiger partial charge in [0, 0.05) is 68.3 Å². The number of hydrogen-bond acceptors (Lipinski definition) is 15. The summed E-state index contributed by atoms with van der Waals surface area (Å²) in [6, 6.07) is 13.1. The number of hydrogen-bond donors (Lipinski definition) is 4. The van der Waals surface area contributed by atoms with Gasteiger partial charge in [0.05, 0.1) is 44.9 Å². The Labute approximate surface area is 410 Å². The number of aliphatic hydroxyl groups excluding tert-OH is 1. The van der Waals surface area contributed by atoms with Gasteiger partial charge in [0.15, 0.2) is 0 Å². The van der Waals surface area contributed by atoms with Gasteiger partial charge in [-0.15, -0.1) is 0 Å². The van der Waals surface area contributed by atoms with E-state index in [9.17, 15) is 24.1 Å². The molecule has 0 radical (unpaired) electrons. The number of aliphatic hydroxyl groups is 1. The molecule has 0 saturated carbocycles. The Bertz CT molecular complexity index is 2860. The highest BCUT2D eigenvalue weighted by atomic mass is 79.9. The minimum Gasteiger partial charge on any atom is -0.494 e. The number of nitrogens with one attached hydrogen (secondary N) is 3. The summed E-state index contributed by atoms with van der Waals surface area (Å²) >= 11 is 3.60. The van der Waals surface area contributed by atoms with E-state index >= 15 is 0 Å². The van der Waals surface area contributed by atoms with Gasteiger partial charge in [0.1, 0.15) is 36.5 Å². The molecule has 7 heterocycles. The van der Waals surface area contributed by atoms with Crippen LogP contribution in [0.3, 0.4) is 0 Å². The molecule has 4 N–H and O–H groups in total. The molecule has 2 atom stereocenters. The van der Waals surface area contributed by atoms with Crippen LogP contribution in [-0.4, -0.2) is 131 Å². The number of aromatic nitrogens is 4. The van der Waals surface area contributed by atoms with Gasteiger partial charge >= 0.3 is 0 Å². The van der Waals surface area contributed by atoms with Gasteiger partial charge in [-0.3, -0.25) is 29.3 Å². The first-order valence-electron chi connectivity index (χ1n) is 24.1. The quantitative estimate of drug-likeness (QED) is 0.0702. The Morgan fingerprint density at radius 2 is 1.59 bits per heavy atom. The molecule has 2 unspecified atom stereocenters. The fraction of sp³-hybridized carbons (Fsp3) is 0.460. The number of likely N-dealkylation sites (tertiary alicyclic amines) is 1. The summed E-state index contributed by atoms with van der Waals surface area (Å²) in [5.41, 5.74) is 6.71. The summed E-state index contributed by atoms with van der Waals surface area (Å²) in [6.07, 6.45) is 11.2. The molecule has 3 aromatic carbocycles. The molecule has 10 rings (SSSR count). The number of fused-ring (bicyclic) bond motifs is 2. The first-order chi connectivity index (χ1) is 33.3. The Morgan fingerprint density at radius 1 is 0.841 bits per heavy atom. The van der Waals surface area contributed by atoms with Crippen molar-refractivity contribution in [2.45, 2.75) is 76.6 Å². The highest BCUT2D eigenvalue weighted by Crippen LogP contribution is 2.43. The molecular formula is C50H59BrN11O6P. The van der Waals surface area contributed by atoms with Crippen molar-refractivity contribution in [3.8, 4) is 5.75 Å². The number of methoxy groups -OCH3 is 1. The summed E-state index contributed by atoms with van der Waals surface area (Å²) in [5, 5.41) is 19.6. The lowest BCUT2D eigenvalue weighted by molar-refractivity contribution is -0.131. The Hall–Kier alpha value is -5.68. The van der Waals surface area contributed by atoms with E-state index in [2.05, 4.69) is 80.6 Å². The lowest BCUT2D eigenvalue weighted by atomic mass is 9.82. The van der Waals surface area contributed by atoms with E-state index in [1.54, 1.807) is 45.1 Å². The summed E-state index contributed by atoms with van der Waals surface area (Å²) in [4.78, 5) is 66.0. The van der Waals surface area contributed by atoms with Crippen LogP contribution in [-0.2, 0) is 15.8 Å². The van der Waals surface area contributed by atoms with Crippen LogP contribution < -0.4 is 35.8 Å². The molecule has 2 aromatic heterocycles. The van der Waals surface area contributed by atoms with Gasteiger partial charge in [0.25, 0.3) is 11.8 Å². The van der Waals surface area contributed by atoms with Crippen LogP contribution in [0.5, 0.6) is 5.75 Å². The maximum absolute atomic E-state index is 13.6. The molecule has 5 aliphatic heterocycles. The number of anilines is 6. The van der Waals surface area contributed by atoms with Crippen LogP contribution in [0.2, 0.25) is 0 Å². The number of aryl methyl sites for hydroxylation is 1. The van der Waals surface area contributed by atoms with Crippen LogP contribution >= 0.6 is 23.1 Å². The van der Waals surface area contributed by atoms with Crippen molar-refractivity contribution in [3.05, 3.63) is 82.2 Å².